The molecule has 106 valence electrons. The van der Waals surface area contributed by atoms with Crippen LogP contribution in [0.2, 0.25) is 0 Å². The zero-order valence-corrected chi connectivity index (χ0v) is 11.7. The van der Waals surface area contributed by atoms with Gasteiger partial charge in [-0.25, -0.2) is 9.97 Å². The normalized spacial score (nSPS) is 10.6. The Labute approximate surface area is 121 Å². The fraction of sp³-hybridized carbons (Fsp3) is 0.143. The van der Waals surface area contributed by atoms with E-state index < -0.39 is 0 Å². The highest BCUT2D eigenvalue weighted by atomic mass is 16.5. The Morgan fingerprint density at radius 3 is 2.81 bits per heavy atom. The lowest BCUT2D eigenvalue weighted by Gasteiger charge is -2.03. The van der Waals surface area contributed by atoms with E-state index in [1.165, 1.54) is 4.68 Å². The fourth-order valence-corrected chi connectivity index (χ4v) is 1.90. The molecule has 1 aromatic carbocycles. The highest BCUT2D eigenvalue weighted by molar-refractivity contribution is 5.60. The highest BCUT2D eigenvalue weighted by Crippen LogP contribution is 2.18. The number of methoxy groups -OCH3 is 1. The summed E-state index contributed by atoms with van der Waals surface area (Å²) in [6.07, 6.45) is 1.56. The average molecular weight is 282 g/mol. The summed E-state index contributed by atoms with van der Waals surface area (Å²) in [5, 5.41) is 4.38. The monoisotopic (exact) mass is 282 g/mol. The van der Waals surface area contributed by atoms with Gasteiger partial charge in [0.25, 0.3) is 5.95 Å². The second-order valence-corrected chi connectivity index (χ2v) is 4.49. The fourth-order valence-electron chi connectivity index (χ4n) is 1.90. The molecule has 0 radical (unpaired) electrons. The van der Waals surface area contributed by atoms with E-state index in [1.807, 2.05) is 31.2 Å². The predicted octanol–water partition coefficient (Wildman–Crippen LogP) is 1.62. The lowest BCUT2D eigenvalue weighted by Crippen LogP contribution is -2.04. The van der Waals surface area contributed by atoms with Gasteiger partial charge in [0.15, 0.2) is 5.82 Å². The molecule has 21 heavy (non-hydrogen) atoms. The third-order valence-electron chi connectivity index (χ3n) is 2.87. The Kier molecular flexibility index (Phi) is 3.23. The van der Waals surface area contributed by atoms with Crippen LogP contribution < -0.4 is 10.5 Å². The molecule has 7 heteroatoms. The Balaban J connectivity index is 2.00. The smallest absolute Gasteiger partial charge is 0.255 e. The van der Waals surface area contributed by atoms with Gasteiger partial charge in [-0.1, -0.05) is 12.1 Å². The first kappa shape index (κ1) is 13.0. The quantitative estimate of drug-likeness (QED) is 0.734. The molecule has 0 atom stereocenters. The van der Waals surface area contributed by atoms with Crippen molar-refractivity contribution in [1.29, 1.82) is 0 Å². The second kappa shape index (κ2) is 5.20. The molecule has 0 aliphatic heterocycles. The van der Waals surface area contributed by atoms with E-state index in [1.54, 1.807) is 19.5 Å². The van der Waals surface area contributed by atoms with Crippen molar-refractivity contribution in [3.05, 3.63) is 42.4 Å². The molecule has 0 bridgehead atoms. The topological polar surface area (TPSA) is 91.7 Å². The molecule has 3 rings (SSSR count). The zero-order valence-electron chi connectivity index (χ0n) is 11.7. The van der Waals surface area contributed by atoms with Gasteiger partial charge in [-0.15, -0.1) is 5.10 Å². The molecule has 0 amide bonds. The number of rotatable bonds is 3. The first-order valence-electron chi connectivity index (χ1n) is 6.33. The van der Waals surface area contributed by atoms with Gasteiger partial charge in [-0.3, -0.25) is 0 Å². The number of aryl methyl sites for hydroxylation is 1. The third-order valence-corrected chi connectivity index (χ3v) is 2.87. The van der Waals surface area contributed by atoms with E-state index in [2.05, 4.69) is 20.1 Å². The van der Waals surface area contributed by atoms with Crippen molar-refractivity contribution >= 4 is 5.69 Å². The van der Waals surface area contributed by atoms with Crippen LogP contribution >= 0.6 is 0 Å². The van der Waals surface area contributed by atoms with Gasteiger partial charge in [-0.05, 0) is 19.1 Å². The Morgan fingerprint density at radius 2 is 2.05 bits per heavy atom. The van der Waals surface area contributed by atoms with E-state index >= 15 is 0 Å². The number of aromatic nitrogens is 5. The zero-order chi connectivity index (χ0) is 14.8. The summed E-state index contributed by atoms with van der Waals surface area (Å²) in [7, 11) is 1.56. The Morgan fingerprint density at radius 1 is 1.19 bits per heavy atom. The van der Waals surface area contributed by atoms with Crippen LogP contribution in [0.5, 0.6) is 5.88 Å². The van der Waals surface area contributed by atoms with E-state index in [0.717, 1.165) is 11.3 Å². The van der Waals surface area contributed by atoms with Crippen molar-refractivity contribution in [2.24, 2.45) is 0 Å². The van der Waals surface area contributed by atoms with E-state index in [-0.39, 0.29) is 0 Å². The van der Waals surface area contributed by atoms with Gasteiger partial charge >= 0.3 is 0 Å². The standard InChI is InChI=1S/C14H14N6O/c1-9-6-12(21-2)18-14(17-9)20-8-16-13(19-20)10-4-3-5-11(15)7-10/h3-8H,15H2,1-2H3. The first-order chi connectivity index (χ1) is 10.2. The van der Waals surface area contributed by atoms with Crippen molar-refractivity contribution in [2.75, 3.05) is 12.8 Å². The SMILES string of the molecule is COc1cc(C)nc(-n2cnc(-c3cccc(N)c3)n2)n1. The van der Waals surface area contributed by atoms with Gasteiger partial charge in [0, 0.05) is 23.0 Å². The van der Waals surface area contributed by atoms with Crippen LogP contribution in [0.4, 0.5) is 5.69 Å². The van der Waals surface area contributed by atoms with Crippen LogP contribution in [0.25, 0.3) is 17.3 Å². The summed E-state index contributed by atoms with van der Waals surface area (Å²) < 4.78 is 6.64. The molecule has 2 aromatic heterocycles. The molecule has 2 heterocycles. The third kappa shape index (κ3) is 2.66. The van der Waals surface area contributed by atoms with Gasteiger partial charge in [0.05, 0.1) is 7.11 Å². The second-order valence-electron chi connectivity index (χ2n) is 4.49. The van der Waals surface area contributed by atoms with Gasteiger partial charge in [-0.2, -0.15) is 9.67 Å². The molecule has 3 aromatic rings. The van der Waals surface area contributed by atoms with Crippen molar-refractivity contribution in [3.8, 4) is 23.2 Å². The van der Waals surface area contributed by atoms with E-state index in [9.17, 15) is 0 Å². The molecule has 0 spiro atoms. The number of nitrogens with zero attached hydrogens (tertiary/aromatic N) is 5. The highest BCUT2D eigenvalue weighted by Gasteiger charge is 2.09. The molecular weight excluding hydrogens is 268 g/mol. The summed E-state index contributed by atoms with van der Waals surface area (Å²) in [6.45, 7) is 1.86. The molecular formula is C14H14N6O. The van der Waals surface area contributed by atoms with Crippen LogP contribution in [0.1, 0.15) is 5.69 Å². The van der Waals surface area contributed by atoms with Gasteiger partial charge < -0.3 is 10.5 Å². The number of hydrogen-bond acceptors (Lipinski definition) is 6. The lowest BCUT2D eigenvalue weighted by atomic mass is 10.2. The summed E-state index contributed by atoms with van der Waals surface area (Å²) in [5.74, 6) is 1.46. The molecule has 7 nitrogen and oxygen atoms in total. The maximum absolute atomic E-state index is 5.77. The van der Waals surface area contributed by atoms with Crippen LogP contribution in [0.15, 0.2) is 36.7 Å². The lowest BCUT2D eigenvalue weighted by molar-refractivity contribution is 0.395. The number of nitrogen functional groups attached to an aromatic ring is 1. The maximum Gasteiger partial charge on any atom is 0.255 e. The first-order valence-corrected chi connectivity index (χ1v) is 6.33. The number of hydrogen-bond donors (Lipinski definition) is 1. The molecule has 0 saturated carbocycles. The number of ether oxygens (including phenoxy) is 1. The number of nitrogens with two attached hydrogens (primary N) is 1. The van der Waals surface area contributed by atoms with Crippen LogP contribution in [-0.4, -0.2) is 31.8 Å². The Hall–Kier alpha value is -2.96. The largest absolute Gasteiger partial charge is 0.481 e. The molecule has 0 aliphatic rings. The Bertz CT molecular complexity index is 783. The van der Waals surface area contributed by atoms with Crippen molar-refractivity contribution < 1.29 is 4.74 Å². The summed E-state index contributed by atoms with van der Waals surface area (Å²) in [5.41, 5.74) is 8.06. The molecule has 2 N–H and O–H groups in total. The number of benzene rings is 1. The molecule has 0 fully saturated rings. The van der Waals surface area contributed by atoms with E-state index in [0.29, 0.717) is 23.3 Å². The van der Waals surface area contributed by atoms with Crippen LogP contribution in [0, 0.1) is 6.92 Å². The summed E-state index contributed by atoms with van der Waals surface area (Å²) in [6, 6.07) is 9.14. The molecule has 0 saturated heterocycles. The minimum absolute atomic E-state index is 0.412. The number of anilines is 1. The van der Waals surface area contributed by atoms with Gasteiger partial charge in [0.2, 0.25) is 5.88 Å². The van der Waals surface area contributed by atoms with E-state index in [4.69, 9.17) is 10.5 Å². The minimum Gasteiger partial charge on any atom is -0.481 e. The molecule has 0 unspecified atom stereocenters. The average Bonchev–Trinajstić information content (AvgIpc) is 2.96. The van der Waals surface area contributed by atoms with Crippen molar-refractivity contribution in [2.45, 2.75) is 6.92 Å². The predicted molar refractivity (Wildman–Crippen MR) is 78.1 cm³/mol. The van der Waals surface area contributed by atoms with Crippen molar-refractivity contribution in [3.63, 3.8) is 0 Å². The van der Waals surface area contributed by atoms with Crippen molar-refractivity contribution in [1.82, 2.24) is 24.7 Å². The van der Waals surface area contributed by atoms with Gasteiger partial charge in [0.1, 0.15) is 6.33 Å². The molecule has 0 aliphatic carbocycles. The summed E-state index contributed by atoms with van der Waals surface area (Å²) in [4.78, 5) is 12.8. The minimum atomic E-state index is 0.412. The van der Waals surface area contributed by atoms with Crippen LogP contribution in [-0.2, 0) is 0 Å². The van der Waals surface area contributed by atoms with Crippen LogP contribution in [0.3, 0.4) is 0 Å². The maximum atomic E-state index is 5.77. The summed E-state index contributed by atoms with van der Waals surface area (Å²) >= 11 is 0.